The highest BCUT2D eigenvalue weighted by molar-refractivity contribution is 8.00. The fourth-order valence-electron chi connectivity index (χ4n) is 1.55. The Morgan fingerprint density at radius 3 is 2.67 bits per heavy atom. The summed E-state index contributed by atoms with van der Waals surface area (Å²) in [5.74, 6) is -0.755. The van der Waals surface area contributed by atoms with Crippen molar-refractivity contribution in [2.75, 3.05) is 11.8 Å². The largest absolute Gasteiger partial charge is 0.507 e. The number of phenolic OH excluding ortho intramolecular Hbond substituents is 1. The van der Waals surface area contributed by atoms with Gasteiger partial charge in [-0.2, -0.15) is 0 Å². The molecule has 0 aliphatic heterocycles. The van der Waals surface area contributed by atoms with Crippen LogP contribution in [0, 0.1) is 0 Å². The van der Waals surface area contributed by atoms with Crippen LogP contribution in [-0.4, -0.2) is 18.2 Å². The molecule has 21 heavy (non-hydrogen) atoms. The molecule has 0 aliphatic rings. The highest BCUT2D eigenvalue weighted by Gasteiger charge is 2.12. The molecule has 7 heteroatoms. The Balaban J connectivity index is 2.12. The van der Waals surface area contributed by atoms with Gasteiger partial charge in [-0.25, -0.2) is 4.79 Å². The molecule has 110 valence electrons. The predicted octanol–water partition coefficient (Wildman–Crippen LogP) is 4.60. The van der Waals surface area contributed by atoms with Gasteiger partial charge in [-0.05, 0) is 42.3 Å². The van der Waals surface area contributed by atoms with E-state index in [0.717, 1.165) is 4.90 Å². The normalized spacial score (nSPS) is 10.2. The topological polar surface area (TPSA) is 58.6 Å². The van der Waals surface area contributed by atoms with Crippen molar-refractivity contribution < 1.29 is 14.6 Å². The lowest BCUT2D eigenvalue weighted by atomic mass is 10.2. The minimum absolute atomic E-state index is 0.105. The van der Waals surface area contributed by atoms with Crippen LogP contribution in [0.1, 0.15) is 10.4 Å². The number of benzene rings is 2. The zero-order valence-electron chi connectivity index (χ0n) is 10.9. The van der Waals surface area contributed by atoms with Crippen LogP contribution in [0.15, 0.2) is 41.3 Å². The Morgan fingerprint density at radius 2 is 2.00 bits per heavy atom. The van der Waals surface area contributed by atoms with E-state index >= 15 is 0 Å². The van der Waals surface area contributed by atoms with E-state index in [1.165, 1.54) is 31.2 Å². The molecule has 0 saturated heterocycles. The first-order chi connectivity index (χ1) is 10.0. The third-order valence-corrected chi connectivity index (χ3v) is 4.15. The number of phenols is 1. The molecule has 0 spiro atoms. The fourth-order valence-corrected chi connectivity index (χ4v) is 2.72. The molecule has 0 saturated carbocycles. The average molecular weight is 344 g/mol. The number of nitrogens with one attached hydrogen (secondary N) is 1. The van der Waals surface area contributed by atoms with E-state index < -0.39 is 5.97 Å². The second-order valence-electron chi connectivity index (χ2n) is 4.00. The standard InChI is InChI=1S/C14H11Cl2NO3S/c1-20-14(19)10-4-3-9(7-12(10)18)17-21-13-6-8(15)2-5-11(13)16/h2-7,17-18H,1H3. The monoisotopic (exact) mass is 343 g/mol. The molecular weight excluding hydrogens is 333 g/mol. The van der Waals surface area contributed by atoms with E-state index in [2.05, 4.69) is 9.46 Å². The van der Waals surface area contributed by atoms with Crippen LogP contribution in [0.3, 0.4) is 0 Å². The molecule has 0 radical (unpaired) electrons. The molecule has 0 atom stereocenters. The first-order valence-electron chi connectivity index (χ1n) is 5.80. The first kappa shape index (κ1) is 15.8. The molecule has 0 bridgehead atoms. The van der Waals surface area contributed by atoms with Gasteiger partial charge in [0.15, 0.2) is 0 Å². The zero-order chi connectivity index (χ0) is 15.4. The van der Waals surface area contributed by atoms with Crippen molar-refractivity contribution in [2.24, 2.45) is 0 Å². The van der Waals surface area contributed by atoms with E-state index in [4.69, 9.17) is 23.2 Å². The lowest BCUT2D eigenvalue weighted by Gasteiger charge is -2.09. The minimum atomic E-state index is -0.593. The Morgan fingerprint density at radius 1 is 1.24 bits per heavy atom. The molecule has 0 amide bonds. The number of rotatable bonds is 4. The Bertz CT molecular complexity index is 679. The number of hydrogen-bond donors (Lipinski definition) is 2. The number of methoxy groups -OCH3 is 1. The van der Waals surface area contributed by atoms with Gasteiger partial charge in [0, 0.05) is 21.7 Å². The SMILES string of the molecule is COC(=O)c1ccc(NSc2cc(Cl)ccc2Cl)cc1O. The maximum absolute atomic E-state index is 11.4. The quantitative estimate of drug-likeness (QED) is 0.627. The molecule has 2 aromatic carbocycles. The van der Waals surface area contributed by atoms with Gasteiger partial charge in [-0.15, -0.1) is 0 Å². The summed E-state index contributed by atoms with van der Waals surface area (Å²) in [5, 5.41) is 10.9. The van der Waals surface area contributed by atoms with Gasteiger partial charge in [-0.1, -0.05) is 23.2 Å². The number of carbonyl (C=O) groups is 1. The van der Waals surface area contributed by atoms with Crippen molar-refractivity contribution in [1.82, 2.24) is 0 Å². The first-order valence-corrected chi connectivity index (χ1v) is 7.37. The Kier molecular flexibility index (Phi) is 5.22. The minimum Gasteiger partial charge on any atom is -0.507 e. The highest BCUT2D eigenvalue weighted by Crippen LogP contribution is 2.32. The summed E-state index contributed by atoms with van der Waals surface area (Å²) >= 11 is 13.2. The summed E-state index contributed by atoms with van der Waals surface area (Å²) in [7, 11) is 1.25. The van der Waals surface area contributed by atoms with Gasteiger partial charge in [0.1, 0.15) is 11.3 Å². The summed E-state index contributed by atoms with van der Waals surface area (Å²) in [6.07, 6.45) is 0. The third-order valence-electron chi connectivity index (χ3n) is 2.58. The second kappa shape index (κ2) is 6.93. The van der Waals surface area contributed by atoms with E-state index in [0.29, 0.717) is 15.7 Å². The number of carbonyl (C=O) groups excluding carboxylic acids is 1. The maximum Gasteiger partial charge on any atom is 0.341 e. The van der Waals surface area contributed by atoms with E-state index in [1.807, 2.05) is 0 Å². The second-order valence-corrected chi connectivity index (χ2v) is 5.69. The molecule has 0 heterocycles. The zero-order valence-corrected chi connectivity index (χ0v) is 13.2. The van der Waals surface area contributed by atoms with Crippen molar-refractivity contribution in [1.29, 1.82) is 0 Å². The summed E-state index contributed by atoms with van der Waals surface area (Å²) in [5.41, 5.74) is 0.718. The lowest BCUT2D eigenvalue weighted by molar-refractivity contribution is 0.0597. The van der Waals surface area contributed by atoms with Crippen molar-refractivity contribution in [3.8, 4) is 5.75 Å². The van der Waals surface area contributed by atoms with Crippen molar-refractivity contribution in [3.63, 3.8) is 0 Å². The summed E-state index contributed by atoms with van der Waals surface area (Å²) in [6, 6.07) is 9.68. The number of anilines is 1. The summed E-state index contributed by atoms with van der Waals surface area (Å²) < 4.78 is 7.57. The van der Waals surface area contributed by atoms with Crippen LogP contribution >= 0.6 is 35.1 Å². The predicted molar refractivity (Wildman–Crippen MR) is 85.4 cm³/mol. The van der Waals surface area contributed by atoms with Gasteiger partial charge in [0.25, 0.3) is 0 Å². The van der Waals surface area contributed by atoms with E-state index in [9.17, 15) is 9.90 Å². The molecule has 0 aliphatic carbocycles. The maximum atomic E-state index is 11.4. The number of aromatic hydroxyl groups is 1. The third kappa shape index (κ3) is 3.97. The van der Waals surface area contributed by atoms with Crippen LogP contribution in [0.25, 0.3) is 0 Å². The lowest BCUT2D eigenvalue weighted by Crippen LogP contribution is -2.01. The summed E-state index contributed by atoms with van der Waals surface area (Å²) in [6.45, 7) is 0. The smallest absolute Gasteiger partial charge is 0.341 e. The van der Waals surface area contributed by atoms with Crippen molar-refractivity contribution >= 4 is 46.8 Å². The van der Waals surface area contributed by atoms with Crippen LogP contribution in [0.5, 0.6) is 5.75 Å². The van der Waals surface area contributed by atoms with Crippen molar-refractivity contribution in [3.05, 3.63) is 52.0 Å². The van der Waals surface area contributed by atoms with Gasteiger partial charge >= 0.3 is 5.97 Å². The van der Waals surface area contributed by atoms with Crippen LogP contribution in [0.4, 0.5) is 5.69 Å². The molecule has 2 rings (SSSR count). The van der Waals surface area contributed by atoms with Crippen LogP contribution in [0.2, 0.25) is 10.0 Å². The van der Waals surface area contributed by atoms with Gasteiger partial charge in [0.05, 0.1) is 12.1 Å². The van der Waals surface area contributed by atoms with Gasteiger partial charge in [0.2, 0.25) is 0 Å². The fraction of sp³-hybridized carbons (Fsp3) is 0.0714. The number of esters is 1. The number of halogens is 2. The Labute approximate surface area is 136 Å². The Hall–Kier alpha value is -1.56. The number of ether oxygens (including phenoxy) is 1. The molecule has 2 aromatic rings. The van der Waals surface area contributed by atoms with E-state index in [-0.39, 0.29) is 11.3 Å². The van der Waals surface area contributed by atoms with E-state index in [1.54, 1.807) is 24.3 Å². The molecule has 0 aromatic heterocycles. The molecule has 0 fully saturated rings. The molecule has 4 nitrogen and oxygen atoms in total. The van der Waals surface area contributed by atoms with Gasteiger partial charge in [-0.3, -0.25) is 0 Å². The van der Waals surface area contributed by atoms with Crippen LogP contribution in [-0.2, 0) is 4.74 Å². The molecule has 2 N–H and O–H groups in total. The molecular formula is C14H11Cl2NO3S. The molecule has 0 unspecified atom stereocenters. The number of hydrogen-bond acceptors (Lipinski definition) is 5. The highest BCUT2D eigenvalue weighted by atomic mass is 35.5. The summed E-state index contributed by atoms with van der Waals surface area (Å²) in [4.78, 5) is 12.1. The van der Waals surface area contributed by atoms with Crippen molar-refractivity contribution in [2.45, 2.75) is 4.90 Å². The van der Waals surface area contributed by atoms with Crippen LogP contribution < -0.4 is 4.72 Å². The average Bonchev–Trinajstić information content (AvgIpc) is 2.47. The van der Waals surface area contributed by atoms with Gasteiger partial charge < -0.3 is 14.6 Å².